The van der Waals surface area contributed by atoms with Crippen molar-refractivity contribution < 1.29 is 19.6 Å². The fourth-order valence-corrected chi connectivity index (χ4v) is 3.17. The van der Waals surface area contributed by atoms with Crippen molar-refractivity contribution in [3.05, 3.63) is 28.8 Å². The highest BCUT2D eigenvalue weighted by Gasteiger charge is 2.35. The molecule has 0 atom stereocenters. The monoisotopic (exact) mass is 326 g/mol. The number of ether oxygens (including phenoxy) is 2. The lowest BCUT2D eigenvalue weighted by atomic mass is 9.83. The van der Waals surface area contributed by atoms with Crippen LogP contribution in [0.5, 0.6) is 5.75 Å². The molecular weight excluding hydrogens is 302 g/mol. The predicted octanol–water partition coefficient (Wildman–Crippen LogP) is 2.32. The number of hydrogen-bond acceptors (Lipinski definition) is 3. The highest BCUT2D eigenvalue weighted by atomic mass is 35.5. The number of halogens is 1. The third-order valence-electron chi connectivity index (χ3n) is 4.28. The van der Waals surface area contributed by atoms with Crippen LogP contribution >= 0.6 is 11.6 Å². The van der Waals surface area contributed by atoms with Crippen LogP contribution in [-0.4, -0.2) is 31.3 Å². The molecule has 0 unspecified atom stereocenters. The Kier molecular flexibility index (Phi) is 5.70. The van der Waals surface area contributed by atoms with E-state index in [1.165, 1.54) is 0 Å². The van der Waals surface area contributed by atoms with Gasteiger partial charge in [-0.2, -0.15) is 0 Å². The fraction of sp³-hybridized carbons (Fsp3) is 0.588. The first-order valence-electron chi connectivity index (χ1n) is 7.81. The van der Waals surface area contributed by atoms with Gasteiger partial charge in [0.25, 0.3) is 0 Å². The second kappa shape index (κ2) is 7.34. The molecule has 1 heterocycles. The first kappa shape index (κ1) is 17.1. The molecule has 0 aromatic heterocycles. The van der Waals surface area contributed by atoms with Crippen LogP contribution < -0.4 is 10.1 Å². The number of piperidine rings is 1. The number of aryl methyl sites for hydroxylation is 1. The molecule has 1 aromatic rings. The van der Waals surface area contributed by atoms with E-state index in [2.05, 4.69) is 5.32 Å². The van der Waals surface area contributed by atoms with Crippen LogP contribution in [0.25, 0.3) is 0 Å². The summed E-state index contributed by atoms with van der Waals surface area (Å²) in [5.41, 5.74) is 0.464. The van der Waals surface area contributed by atoms with E-state index in [4.69, 9.17) is 21.1 Å². The molecule has 1 aliphatic rings. The Hall–Kier alpha value is -1.26. The third kappa shape index (κ3) is 4.62. The van der Waals surface area contributed by atoms with Gasteiger partial charge in [0, 0.05) is 23.8 Å². The molecule has 122 valence electrons. The molecule has 2 rings (SSSR count). The summed E-state index contributed by atoms with van der Waals surface area (Å²) in [6, 6.07) is 5.33. The van der Waals surface area contributed by atoms with Gasteiger partial charge in [0.1, 0.15) is 11.4 Å². The summed E-state index contributed by atoms with van der Waals surface area (Å²) in [5.74, 6) is 0.749. The van der Waals surface area contributed by atoms with Gasteiger partial charge in [-0.15, -0.1) is 0 Å². The van der Waals surface area contributed by atoms with Crippen LogP contribution in [-0.2, 0) is 9.53 Å². The van der Waals surface area contributed by atoms with E-state index in [9.17, 15) is 4.79 Å². The summed E-state index contributed by atoms with van der Waals surface area (Å²) in [7, 11) is 0. The Morgan fingerprint density at radius 1 is 1.36 bits per heavy atom. The van der Waals surface area contributed by atoms with Gasteiger partial charge >= 0.3 is 5.97 Å². The largest absolute Gasteiger partial charge is 0.482 e. The topological polar surface area (TPSA) is 52.1 Å². The summed E-state index contributed by atoms with van der Waals surface area (Å²) >= 11 is 5.90. The highest BCUT2D eigenvalue weighted by molar-refractivity contribution is 6.30. The Labute approximate surface area is 137 Å². The fourth-order valence-electron chi connectivity index (χ4n) is 2.94. The van der Waals surface area contributed by atoms with Crippen LogP contribution in [0.3, 0.4) is 0 Å². The summed E-state index contributed by atoms with van der Waals surface area (Å²) in [6.07, 6.45) is 2.16. The minimum absolute atomic E-state index is 0.0786. The van der Waals surface area contributed by atoms with Gasteiger partial charge in [0.05, 0.1) is 13.1 Å². The zero-order chi connectivity index (χ0) is 16.2. The van der Waals surface area contributed by atoms with Crippen LogP contribution in [0.2, 0.25) is 5.02 Å². The quantitative estimate of drug-likeness (QED) is 0.845. The zero-order valence-electron chi connectivity index (χ0n) is 13.5. The molecule has 0 radical (unpaired) electrons. The Morgan fingerprint density at radius 3 is 2.68 bits per heavy atom. The standard InChI is InChI=1S/C17H24ClNO3/c1-12-10-14(18)4-5-15(12)21-11-16(20)22-17(2,3)13-6-8-19-9-7-13/h4-5,10,13,19H,6-9,11H2,1-3H3/p+1. The summed E-state index contributed by atoms with van der Waals surface area (Å²) < 4.78 is 11.2. The lowest BCUT2D eigenvalue weighted by molar-refractivity contribution is -0.665. The SMILES string of the molecule is Cc1cc(Cl)ccc1OCC(=O)OC(C)(C)C1CC[NH2+]CC1. The van der Waals surface area contributed by atoms with E-state index in [1.54, 1.807) is 12.1 Å². The Morgan fingerprint density at radius 2 is 2.05 bits per heavy atom. The van der Waals surface area contributed by atoms with Crippen molar-refractivity contribution in [1.29, 1.82) is 0 Å². The molecule has 1 aromatic carbocycles. The molecule has 1 saturated heterocycles. The van der Waals surface area contributed by atoms with Crippen LogP contribution in [0.1, 0.15) is 32.3 Å². The van der Waals surface area contributed by atoms with Crippen molar-refractivity contribution >= 4 is 17.6 Å². The number of nitrogens with two attached hydrogens (primary N) is 1. The number of carbonyl (C=O) groups is 1. The van der Waals surface area contributed by atoms with Crippen molar-refractivity contribution in [3.63, 3.8) is 0 Å². The normalized spacial score (nSPS) is 16.4. The minimum Gasteiger partial charge on any atom is -0.482 e. The lowest BCUT2D eigenvalue weighted by Gasteiger charge is -2.35. The smallest absolute Gasteiger partial charge is 0.344 e. The molecule has 2 N–H and O–H groups in total. The van der Waals surface area contributed by atoms with Crippen molar-refractivity contribution in [2.45, 2.75) is 39.2 Å². The second-order valence-corrected chi connectivity index (χ2v) is 6.85. The number of benzene rings is 1. The van der Waals surface area contributed by atoms with E-state index >= 15 is 0 Å². The molecule has 5 heteroatoms. The lowest BCUT2D eigenvalue weighted by Crippen LogP contribution is -2.86. The summed E-state index contributed by atoms with van der Waals surface area (Å²) in [4.78, 5) is 12.1. The van der Waals surface area contributed by atoms with Gasteiger partial charge in [0.2, 0.25) is 0 Å². The minimum atomic E-state index is -0.441. The maximum Gasteiger partial charge on any atom is 0.344 e. The molecule has 0 spiro atoms. The zero-order valence-corrected chi connectivity index (χ0v) is 14.3. The van der Waals surface area contributed by atoms with Crippen molar-refractivity contribution in [2.75, 3.05) is 19.7 Å². The van der Waals surface area contributed by atoms with Gasteiger partial charge in [0.15, 0.2) is 6.61 Å². The molecule has 0 bridgehead atoms. The first-order chi connectivity index (χ1) is 10.4. The average molecular weight is 327 g/mol. The Bertz CT molecular complexity index is 525. The van der Waals surface area contributed by atoms with E-state index in [-0.39, 0.29) is 12.6 Å². The number of quaternary nitrogens is 1. The number of carbonyl (C=O) groups excluding carboxylic acids is 1. The van der Waals surface area contributed by atoms with E-state index < -0.39 is 5.60 Å². The maximum absolute atomic E-state index is 12.1. The highest BCUT2D eigenvalue weighted by Crippen LogP contribution is 2.28. The van der Waals surface area contributed by atoms with E-state index in [0.29, 0.717) is 16.7 Å². The summed E-state index contributed by atoms with van der Waals surface area (Å²) in [6.45, 7) is 8.01. The molecule has 22 heavy (non-hydrogen) atoms. The second-order valence-electron chi connectivity index (χ2n) is 6.42. The molecule has 0 amide bonds. The predicted molar refractivity (Wildman–Crippen MR) is 86.2 cm³/mol. The van der Waals surface area contributed by atoms with Gasteiger partial charge in [-0.25, -0.2) is 4.79 Å². The van der Waals surface area contributed by atoms with Gasteiger partial charge in [-0.05, 0) is 44.5 Å². The molecular formula is C17H25ClNO3+. The molecule has 4 nitrogen and oxygen atoms in total. The van der Waals surface area contributed by atoms with Crippen LogP contribution in [0.15, 0.2) is 18.2 Å². The maximum atomic E-state index is 12.1. The molecule has 1 aliphatic heterocycles. The number of esters is 1. The third-order valence-corrected chi connectivity index (χ3v) is 4.52. The van der Waals surface area contributed by atoms with Crippen LogP contribution in [0, 0.1) is 12.8 Å². The number of rotatable bonds is 5. The van der Waals surface area contributed by atoms with Crippen molar-refractivity contribution in [3.8, 4) is 5.75 Å². The molecule has 1 fully saturated rings. The Balaban J connectivity index is 1.86. The van der Waals surface area contributed by atoms with E-state index in [0.717, 1.165) is 31.5 Å². The van der Waals surface area contributed by atoms with Crippen molar-refractivity contribution in [2.24, 2.45) is 5.92 Å². The summed E-state index contributed by atoms with van der Waals surface area (Å²) in [5, 5.41) is 2.96. The molecule has 0 aliphatic carbocycles. The van der Waals surface area contributed by atoms with Crippen LogP contribution in [0.4, 0.5) is 0 Å². The van der Waals surface area contributed by atoms with Crippen molar-refractivity contribution in [1.82, 2.24) is 0 Å². The average Bonchev–Trinajstić information content (AvgIpc) is 2.47. The van der Waals surface area contributed by atoms with Gasteiger partial charge < -0.3 is 14.8 Å². The molecule has 0 saturated carbocycles. The van der Waals surface area contributed by atoms with Gasteiger partial charge in [-0.3, -0.25) is 0 Å². The van der Waals surface area contributed by atoms with E-state index in [1.807, 2.05) is 26.8 Å². The first-order valence-corrected chi connectivity index (χ1v) is 8.19. The number of hydrogen-bond donors (Lipinski definition) is 1. The van der Waals surface area contributed by atoms with Gasteiger partial charge in [-0.1, -0.05) is 11.6 Å².